The molecule has 1 aromatic rings. The zero-order chi connectivity index (χ0) is 27.0. The maximum atomic E-state index is 12.4. The molecule has 5 aliphatic rings. The lowest BCUT2D eigenvalue weighted by atomic mass is 9.45. The maximum absolute atomic E-state index is 12.4. The predicted molar refractivity (Wildman–Crippen MR) is 138 cm³/mol. The van der Waals surface area contributed by atoms with Gasteiger partial charge in [-0.05, 0) is 93.1 Å². The van der Waals surface area contributed by atoms with E-state index >= 15 is 0 Å². The van der Waals surface area contributed by atoms with Crippen LogP contribution in [0.1, 0.15) is 83.6 Å². The van der Waals surface area contributed by atoms with E-state index in [0.717, 1.165) is 56.9 Å². The number of rotatable bonds is 3. The lowest BCUT2D eigenvalue weighted by Crippen LogP contribution is -2.60. The molecule has 4 aliphatic carbocycles. The topological polar surface area (TPSA) is 130 Å². The van der Waals surface area contributed by atoms with E-state index in [4.69, 9.17) is 13.9 Å². The molecule has 210 valence electrons. The van der Waals surface area contributed by atoms with Crippen LogP contribution in [-0.2, 0) is 9.47 Å². The summed E-state index contributed by atoms with van der Waals surface area (Å²) in [6, 6.07) is 3.36. The van der Waals surface area contributed by atoms with E-state index in [0.29, 0.717) is 5.92 Å². The average Bonchev–Trinajstić information content (AvgIpc) is 3.18. The largest absolute Gasteiger partial charge is 0.431 e. The molecule has 4 fully saturated rings. The van der Waals surface area contributed by atoms with Gasteiger partial charge < -0.3 is 34.3 Å². The molecule has 2 heterocycles. The average molecular weight is 531 g/mol. The van der Waals surface area contributed by atoms with Crippen molar-refractivity contribution in [1.82, 2.24) is 0 Å². The van der Waals surface area contributed by atoms with Crippen LogP contribution in [-0.4, -0.2) is 62.8 Å². The van der Waals surface area contributed by atoms with E-state index in [9.17, 15) is 25.2 Å². The Hall–Kier alpha value is -1.55. The van der Waals surface area contributed by atoms with E-state index < -0.39 is 36.3 Å². The van der Waals surface area contributed by atoms with Gasteiger partial charge in [0, 0.05) is 11.5 Å². The van der Waals surface area contributed by atoms with E-state index in [1.165, 1.54) is 11.6 Å². The van der Waals surface area contributed by atoms with Gasteiger partial charge in [-0.1, -0.05) is 25.5 Å². The molecule has 1 aromatic heterocycles. The van der Waals surface area contributed by atoms with E-state index in [-0.39, 0.29) is 34.4 Å². The number of ether oxygens (including phenoxy) is 2. The van der Waals surface area contributed by atoms with E-state index in [1.807, 2.05) is 6.07 Å². The molecular weight excluding hydrogens is 488 g/mol. The van der Waals surface area contributed by atoms with Gasteiger partial charge in [-0.15, -0.1) is 0 Å². The van der Waals surface area contributed by atoms with E-state index in [1.54, 1.807) is 13.2 Å². The highest BCUT2D eigenvalue weighted by molar-refractivity contribution is 5.31. The van der Waals surface area contributed by atoms with Crippen LogP contribution in [0, 0.1) is 22.7 Å². The highest BCUT2D eigenvalue weighted by Crippen LogP contribution is 2.70. The molecule has 1 aliphatic heterocycles. The van der Waals surface area contributed by atoms with E-state index in [2.05, 4.69) is 19.9 Å². The summed E-state index contributed by atoms with van der Waals surface area (Å²) >= 11 is 0. The summed E-state index contributed by atoms with van der Waals surface area (Å²) in [5.41, 5.74) is 0.991. The van der Waals surface area contributed by atoms with Crippen LogP contribution in [0.3, 0.4) is 0 Å². The van der Waals surface area contributed by atoms with Crippen LogP contribution in [0.15, 0.2) is 39.3 Å². The number of hydrogen-bond acceptors (Lipinski definition) is 8. The first-order valence-electron chi connectivity index (χ1n) is 14.4. The number of aliphatic hydroxyl groups excluding tert-OH is 3. The van der Waals surface area contributed by atoms with Crippen LogP contribution in [0.25, 0.3) is 0 Å². The standard InChI is InChI=1S/C30H42O8/c1-16-24(32)25(33)26(34)27(37-16)38-19-8-11-28(2)18(14-19)5-6-22-21(28)9-12-29(3)20(10-13-30(22,29)35)17-4-7-23(31)36-15-17/h4,7,14-16,19-22,24-27,32-35H,5-6,8-13H2,1-3H3/t16-,19-,20+,21+,22-,24-,25+,26+,27-,28-,29+,30-/m0/s1. The fourth-order valence-corrected chi connectivity index (χ4v) is 9.17. The second-order valence-corrected chi connectivity index (χ2v) is 13.1. The molecule has 0 unspecified atom stereocenters. The third-order valence-electron chi connectivity index (χ3n) is 11.5. The summed E-state index contributed by atoms with van der Waals surface area (Å²) < 4.78 is 17.0. The Bertz CT molecular complexity index is 1130. The van der Waals surface area contributed by atoms with Gasteiger partial charge in [0.15, 0.2) is 6.29 Å². The van der Waals surface area contributed by atoms with Crippen LogP contribution in [0.4, 0.5) is 0 Å². The molecule has 1 saturated heterocycles. The molecule has 4 N–H and O–H groups in total. The Morgan fingerprint density at radius 2 is 1.74 bits per heavy atom. The summed E-state index contributed by atoms with van der Waals surface area (Å²) in [5, 5.41) is 43.0. The zero-order valence-corrected chi connectivity index (χ0v) is 22.6. The quantitative estimate of drug-likeness (QED) is 0.439. The van der Waals surface area contributed by atoms with Gasteiger partial charge in [-0.3, -0.25) is 0 Å². The van der Waals surface area contributed by atoms with Crippen molar-refractivity contribution < 1.29 is 34.3 Å². The van der Waals surface area contributed by atoms with Crippen molar-refractivity contribution >= 4 is 0 Å². The van der Waals surface area contributed by atoms with Crippen LogP contribution < -0.4 is 5.63 Å². The Kier molecular flexibility index (Phi) is 6.49. The van der Waals surface area contributed by atoms with Crippen molar-refractivity contribution in [3.05, 3.63) is 46.0 Å². The Balaban J connectivity index is 1.21. The Morgan fingerprint density at radius 3 is 2.47 bits per heavy atom. The number of fused-ring (bicyclic) bond motifs is 5. The molecule has 0 amide bonds. The van der Waals surface area contributed by atoms with Gasteiger partial charge in [0.1, 0.15) is 18.3 Å². The molecule has 6 rings (SSSR count). The summed E-state index contributed by atoms with van der Waals surface area (Å²) in [7, 11) is 0. The van der Waals surface area contributed by atoms with Gasteiger partial charge in [-0.25, -0.2) is 4.79 Å². The first-order valence-corrected chi connectivity index (χ1v) is 14.4. The molecular formula is C30H42O8. The fourth-order valence-electron chi connectivity index (χ4n) is 9.17. The second kappa shape index (κ2) is 9.25. The predicted octanol–water partition coefficient (Wildman–Crippen LogP) is 3.01. The summed E-state index contributed by atoms with van der Waals surface area (Å²) in [5.74, 6) is 0.759. The third kappa shape index (κ3) is 3.82. The van der Waals surface area contributed by atoms with Crippen molar-refractivity contribution in [2.45, 2.75) is 120 Å². The lowest BCUT2D eigenvalue weighted by Gasteiger charge is -2.62. The second-order valence-electron chi connectivity index (χ2n) is 13.1. The van der Waals surface area contributed by atoms with Crippen LogP contribution in [0.2, 0.25) is 0 Å². The summed E-state index contributed by atoms with van der Waals surface area (Å²) in [6.45, 7) is 6.26. The van der Waals surface area contributed by atoms with Crippen molar-refractivity contribution in [3.8, 4) is 0 Å². The molecule has 0 bridgehead atoms. The fraction of sp³-hybridized carbons (Fsp3) is 0.767. The summed E-state index contributed by atoms with van der Waals surface area (Å²) in [4.78, 5) is 11.5. The molecule has 38 heavy (non-hydrogen) atoms. The number of allylic oxidation sites excluding steroid dienone is 1. The van der Waals surface area contributed by atoms with Crippen molar-refractivity contribution in [2.75, 3.05) is 0 Å². The molecule has 0 spiro atoms. The highest BCUT2D eigenvalue weighted by atomic mass is 16.7. The minimum Gasteiger partial charge on any atom is -0.431 e. The maximum Gasteiger partial charge on any atom is 0.335 e. The Morgan fingerprint density at radius 1 is 0.947 bits per heavy atom. The summed E-state index contributed by atoms with van der Waals surface area (Å²) in [6.07, 6.45) is 5.32. The monoisotopic (exact) mass is 530 g/mol. The minimum atomic E-state index is -1.31. The van der Waals surface area contributed by atoms with Crippen molar-refractivity contribution in [3.63, 3.8) is 0 Å². The first-order chi connectivity index (χ1) is 18.0. The number of aliphatic hydroxyl groups is 4. The molecule has 3 saturated carbocycles. The van der Waals surface area contributed by atoms with Crippen LogP contribution >= 0.6 is 0 Å². The van der Waals surface area contributed by atoms with Crippen molar-refractivity contribution in [2.24, 2.45) is 22.7 Å². The first kappa shape index (κ1) is 26.7. The van der Waals surface area contributed by atoms with Gasteiger partial charge in [0.05, 0.1) is 24.1 Å². The minimum absolute atomic E-state index is 0.0213. The lowest BCUT2D eigenvalue weighted by molar-refractivity contribution is -0.301. The smallest absolute Gasteiger partial charge is 0.335 e. The Labute approximate surface area is 223 Å². The zero-order valence-electron chi connectivity index (χ0n) is 22.6. The van der Waals surface area contributed by atoms with Gasteiger partial charge in [0.25, 0.3) is 0 Å². The number of hydrogen-bond donors (Lipinski definition) is 4. The molecule has 8 heteroatoms. The SMILES string of the molecule is C[C@@H]1O[C@@H](O[C@@H]2C=C3CC[C@H]4[C@@H](CC[C@]5(C)[C@@H](c6ccc(=O)oc6)CC[C@]45O)[C@@]3(C)CC2)[C@H](O)[C@H](O)[C@H]1O. The van der Waals surface area contributed by atoms with Crippen molar-refractivity contribution in [1.29, 1.82) is 0 Å². The molecule has 0 aromatic carbocycles. The normalized spacial score (nSPS) is 50.5. The molecule has 12 atom stereocenters. The molecule has 8 nitrogen and oxygen atoms in total. The highest BCUT2D eigenvalue weighted by Gasteiger charge is 2.66. The van der Waals surface area contributed by atoms with Crippen LogP contribution in [0.5, 0.6) is 0 Å². The van der Waals surface area contributed by atoms with Gasteiger partial charge >= 0.3 is 5.63 Å². The van der Waals surface area contributed by atoms with Gasteiger partial charge in [-0.2, -0.15) is 0 Å². The molecule has 0 radical (unpaired) electrons. The third-order valence-corrected chi connectivity index (χ3v) is 11.5. The van der Waals surface area contributed by atoms with Gasteiger partial charge in [0.2, 0.25) is 0 Å².